The van der Waals surface area contributed by atoms with Crippen molar-refractivity contribution in [3.8, 4) is 0 Å². The first-order valence-electron chi connectivity index (χ1n) is 5.01. The van der Waals surface area contributed by atoms with Gasteiger partial charge in [-0.3, -0.25) is 9.48 Å². The molecule has 0 spiro atoms. The summed E-state index contributed by atoms with van der Waals surface area (Å²) in [6.07, 6.45) is 2.88. The number of halogens is 2. The average molecular weight is 270 g/mol. The van der Waals surface area contributed by atoms with E-state index in [0.29, 0.717) is 28.0 Å². The second-order valence-electron chi connectivity index (χ2n) is 3.36. The van der Waals surface area contributed by atoms with Gasteiger partial charge in [-0.25, -0.2) is 4.98 Å². The van der Waals surface area contributed by atoms with E-state index in [4.69, 9.17) is 23.2 Å². The zero-order valence-electron chi connectivity index (χ0n) is 9.02. The van der Waals surface area contributed by atoms with E-state index < -0.39 is 0 Å². The number of aromatic nitrogens is 3. The van der Waals surface area contributed by atoms with Crippen molar-refractivity contribution in [1.29, 1.82) is 0 Å². The van der Waals surface area contributed by atoms with Gasteiger partial charge in [-0.2, -0.15) is 5.10 Å². The van der Waals surface area contributed by atoms with Crippen LogP contribution in [0.1, 0.15) is 23.0 Å². The van der Waals surface area contributed by atoms with Crippen LogP contribution in [-0.4, -0.2) is 20.5 Å². The lowest BCUT2D eigenvalue weighted by Gasteiger charge is -2.04. The van der Waals surface area contributed by atoms with E-state index >= 15 is 0 Å². The van der Waals surface area contributed by atoms with Crippen LogP contribution in [0.3, 0.4) is 0 Å². The van der Waals surface area contributed by atoms with Crippen molar-refractivity contribution < 1.29 is 4.79 Å². The van der Waals surface area contributed by atoms with E-state index in [1.807, 2.05) is 6.92 Å². The molecule has 0 bridgehead atoms. The Morgan fingerprint density at radius 1 is 1.35 bits per heavy atom. The Bertz CT molecular complexity index is 548. The van der Waals surface area contributed by atoms with Crippen LogP contribution in [0, 0.1) is 0 Å². The molecule has 4 nitrogen and oxygen atoms in total. The molecule has 88 valence electrons. The molecule has 17 heavy (non-hydrogen) atoms. The van der Waals surface area contributed by atoms with Crippen LogP contribution in [0.15, 0.2) is 24.5 Å². The van der Waals surface area contributed by atoms with Crippen molar-refractivity contribution in [3.05, 3.63) is 46.0 Å². The molecule has 0 aromatic carbocycles. The summed E-state index contributed by atoms with van der Waals surface area (Å²) < 4.78 is 1.55. The molecule has 6 heteroatoms. The fraction of sp³-hybridized carbons (Fsp3) is 0.182. The zero-order chi connectivity index (χ0) is 12.4. The molecule has 0 saturated carbocycles. The van der Waals surface area contributed by atoms with E-state index in [0.717, 1.165) is 0 Å². The Hall–Kier alpha value is -1.39. The minimum atomic E-state index is -0.210. The van der Waals surface area contributed by atoms with Gasteiger partial charge in [-0.15, -0.1) is 0 Å². The third kappa shape index (κ3) is 2.33. The van der Waals surface area contributed by atoms with Gasteiger partial charge in [-0.05, 0) is 19.1 Å². The highest BCUT2D eigenvalue weighted by Gasteiger charge is 2.18. The number of rotatable bonds is 3. The summed E-state index contributed by atoms with van der Waals surface area (Å²) in [6.45, 7) is 2.47. The van der Waals surface area contributed by atoms with Gasteiger partial charge in [0.25, 0.3) is 0 Å². The van der Waals surface area contributed by atoms with E-state index in [-0.39, 0.29) is 5.78 Å². The zero-order valence-corrected chi connectivity index (χ0v) is 10.5. The molecule has 0 radical (unpaired) electrons. The fourth-order valence-corrected chi connectivity index (χ4v) is 1.81. The number of nitrogens with zero attached hydrogens (tertiary/aromatic N) is 3. The molecule has 0 amide bonds. The molecule has 0 aliphatic rings. The molecule has 0 aliphatic heterocycles. The van der Waals surface area contributed by atoms with Gasteiger partial charge in [0, 0.05) is 18.3 Å². The summed E-state index contributed by atoms with van der Waals surface area (Å²) in [4.78, 5) is 16.1. The number of carbonyl (C=O) groups is 1. The van der Waals surface area contributed by atoms with Crippen molar-refractivity contribution in [2.75, 3.05) is 0 Å². The molecular weight excluding hydrogens is 261 g/mol. The number of carbonyl (C=O) groups excluding carboxylic acids is 1. The predicted octanol–water partition coefficient (Wildman–Crippen LogP) is 2.84. The predicted molar refractivity (Wildman–Crippen MR) is 65.6 cm³/mol. The van der Waals surface area contributed by atoms with Crippen molar-refractivity contribution in [1.82, 2.24) is 14.8 Å². The lowest BCUT2D eigenvalue weighted by atomic mass is 10.1. The average Bonchev–Trinajstić information content (AvgIpc) is 2.70. The van der Waals surface area contributed by atoms with Crippen LogP contribution in [0.4, 0.5) is 0 Å². The summed E-state index contributed by atoms with van der Waals surface area (Å²) in [5.74, 6) is -0.210. The standard InChI is InChI=1S/C11H9Cl2N3O/c1-2-16-10(8(12)6-15-16)11(17)7-3-4-9(13)14-5-7/h3-6H,2H2,1H3. The second-order valence-corrected chi connectivity index (χ2v) is 4.15. The largest absolute Gasteiger partial charge is 0.287 e. The minimum absolute atomic E-state index is 0.210. The Balaban J connectivity index is 2.43. The van der Waals surface area contributed by atoms with Gasteiger partial charge in [0.05, 0.1) is 11.2 Å². The molecule has 0 fully saturated rings. The molecular formula is C11H9Cl2N3O. The number of pyridine rings is 1. The highest BCUT2D eigenvalue weighted by atomic mass is 35.5. The molecule has 0 N–H and O–H groups in total. The van der Waals surface area contributed by atoms with Gasteiger partial charge in [0.2, 0.25) is 5.78 Å². The lowest BCUT2D eigenvalue weighted by molar-refractivity contribution is 0.102. The number of hydrogen-bond acceptors (Lipinski definition) is 3. The topological polar surface area (TPSA) is 47.8 Å². The van der Waals surface area contributed by atoms with Crippen LogP contribution in [0.5, 0.6) is 0 Å². The maximum Gasteiger partial charge on any atom is 0.214 e. The quantitative estimate of drug-likeness (QED) is 0.636. The Morgan fingerprint density at radius 2 is 2.12 bits per heavy atom. The van der Waals surface area contributed by atoms with Crippen molar-refractivity contribution >= 4 is 29.0 Å². The highest BCUT2D eigenvalue weighted by Crippen LogP contribution is 2.19. The van der Waals surface area contributed by atoms with Crippen molar-refractivity contribution in [3.63, 3.8) is 0 Å². The summed E-state index contributed by atoms with van der Waals surface area (Å²) >= 11 is 11.6. The van der Waals surface area contributed by atoms with Crippen molar-refractivity contribution in [2.24, 2.45) is 0 Å². The van der Waals surface area contributed by atoms with Gasteiger partial charge >= 0.3 is 0 Å². The van der Waals surface area contributed by atoms with Gasteiger partial charge in [-0.1, -0.05) is 23.2 Å². The monoisotopic (exact) mass is 269 g/mol. The summed E-state index contributed by atoms with van der Waals surface area (Å²) in [7, 11) is 0. The Kier molecular flexibility index (Phi) is 3.45. The smallest absolute Gasteiger partial charge is 0.214 e. The molecule has 0 saturated heterocycles. The maximum atomic E-state index is 12.2. The second kappa shape index (κ2) is 4.85. The third-order valence-electron chi connectivity index (χ3n) is 2.30. The number of ketones is 1. The molecule has 2 rings (SSSR count). The van der Waals surface area contributed by atoms with Crippen LogP contribution >= 0.6 is 23.2 Å². The van der Waals surface area contributed by atoms with Crippen LogP contribution in [0.25, 0.3) is 0 Å². The molecule has 2 heterocycles. The summed E-state index contributed by atoms with van der Waals surface area (Å²) in [5, 5.41) is 4.70. The molecule has 0 aliphatic carbocycles. The van der Waals surface area contributed by atoms with E-state index in [1.165, 1.54) is 12.4 Å². The van der Waals surface area contributed by atoms with E-state index in [2.05, 4.69) is 10.1 Å². The molecule has 2 aromatic heterocycles. The van der Waals surface area contributed by atoms with Gasteiger partial charge in [0.1, 0.15) is 10.8 Å². The van der Waals surface area contributed by atoms with Crippen LogP contribution in [0.2, 0.25) is 10.2 Å². The first kappa shape index (κ1) is 12.1. The van der Waals surface area contributed by atoms with Crippen molar-refractivity contribution in [2.45, 2.75) is 13.5 Å². The SMILES string of the molecule is CCn1ncc(Cl)c1C(=O)c1ccc(Cl)nc1. The van der Waals surface area contributed by atoms with Gasteiger partial charge < -0.3 is 0 Å². The molecule has 0 unspecified atom stereocenters. The normalized spacial score (nSPS) is 10.5. The number of aryl methyl sites for hydroxylation is 1. The van der Waals surface area contributed by atoms with Crippen LogP contribution in [-0.2, 0) is 6.54 Å². The minimum Gasteiger partial charge on any atom is -0.287 e. The summed E-state index contributed by atoms with van der Waals surface area (Å²) in [5.41, 5.74) is 0.810. The Labute approximate surface area is 108 Å². The van der Waals surface area contributed by atoms with E-state index in [1.54, 1.807) is 16.8 Å². The fourth-order valence-electron chi connectivity index (χ4n) is 1.47. The first-order valence-corrected chi connectivity index (χ1v) is 5.76. The van der Waals surface area contributed by atoms with Gasteiger partial charge in [0.15, 0.2) is 0 Å². The molecule has 2 aromatic rings. The highest BCUT2D eigenvalue weighted by molar-refractivity contribution is 6.34. The van der Waals surface area contributed by atoms with Crippen LogP contribution < -0.4 is 0 Å². The number of hydrogen-bond donors (Lipinski definition) is 0. The lowest BCUT2D eigenvalue weighted by Crippen LogP contribution is -2.11. The molecule has 0 atom stereocenters. The van der Waals surface area contributed by atoms with E-state index in [9.17, 15) is 4.79 Å². The summed E-state index contributed by atoms with van der Waals surface area (Å²) in [6, 6.07) is 3.18. The first-order chi connectivity index (χ1) is 8.13. The third-order valence-corrected chi connectivity index (χ3v) is 2.80. The Morgan fingerprint density at radius 3 is 2.71 bits per heavy atom. The maximum absolute atomic E-state index is 12.2.